The van der Waals surface area contributed by atoms with E-state index >= 15 is 0 Å². The molecule has 0 fully saturated rings. The Morgan fingerprint density at radius 3 is 2.68 bits per heavy atom. The fourth-order valence-corrected chi connectivity index (χ4v) is 2.58. The minimum Gasteiger partial charge on any atom is -0.380 e. The molecule has 0 aliphatic heterocycles. The first-order valence-electron chi connectivity index (χ1n) is 7.42. The van der Waals surface area contributed by atoms with Crippen LogP contribution in [-0.4, -0.2) is 29.1 Å². The van der Waals surface area contributed by atoms with Gasteiger partial charge in [-0.15, -0.1) is 0 Å². The molecule has 0 atom stereocenters. The molecule has 4 nitrogen and oxygen atoms in total. The first-order valence-corrected chi connectivity index (χ1v) is 7.42. The highest BCUT2D eigenvalue weighted by molar-refractivity contribution is 5.86. The lowest BCUT2D eigenvalue weighted by Gasteiger charge is -2.07. The van der Waals surface area contributed by atoms with Crippen molar-refractivity contribution in [3.05, 3.63) is 54.4 Å². The summed E-state index contributed by atoms with van der Waals surface area (Å²) < 4.78 is 7.33. The highest BCUT2D eigenvalue weighted by Gasteiger charge is 2.11. The molecule has 3 aromatic rings. The highest BCUT2D eigenvalue weighted by Crippen LogP contribution is 2.24. The molecule has 0 unspecified atom stereocenters. The topological polar surface area (TPSA) is 44.1 Å². The van der Waals surface area contributed by atoms with Gasteiger partial charge in [-0.25, -0.2) is 4.98 Å². The summed E-state index contributed by atoms with van der Waals surface area (Å²) in [4.78, 5) is 15.6. The molecule has 0 radical (unpaired) electrons. The van der Waals surface area contributed by atoms with Crippen molar-refractivity contribution in [2.45, 2.75) is 13.5 Å². The number of carbonyl (C=O) groups excluding carboxylic acids is 1. The van der Waals surface area contributed by atoms with Gasteiger partial charge in [-0.05, 0) is 30.2 Å². The molecular formula is C18H18N2O2. The van der Waals surface area contributed by atoms with Gasteiger partial charge in [-0.3, -0.25) is 4.79 Å². The van der Waals surface area contributed by atoms with Crippen molar-refractivity contribution < 1.29 is 9.53 Å². The summed E-state index contributed by atoms with van der Waals surface area (Å²) in [6.45, 7) is 3.81. The molecule has 0 saturated carbocycles. The summed E-state index contributed by atoms with van der Waals surface area (Å²) in [6.07, 6.45) is 0.800. The molecule has 112 valence electrons. The number of imidazole rings is 1. The number of hydrogen-bond acceptors (Lipinski definition) is 3. The Hall–Kier alpha value is -2.46. The summed E-state index contributed by atoms with van der Waals surface area (Å²) in [5, 5.41) is 0. The van der Waals surface area contributed by atoms with Gasteiger partial charge in [-0.1, -0.05) is 36.4 Å². The van der Waals surface area contributed by atoms with Gasteiger partial charge >= 0.3 is 0 Å². The molecule has 0 N–H and O–H groups in total. The van der Waals surface area contributed by atoms with E-state index in [1.807, 2.05) is 41.8 Å². The fourth-order valence-electron chi connectivity index (χ4n) is 2.58. The molecule has 0 amide bonds. The van der Waals surface area contributed by atoms with E-state index in [-0.39, 0.29) is 0 Å². The third kappa shape index (κ3) is 2.78. The van der Waals surface area contributed by atoms with Crippen LogP contribution in [0.2, 0.25) is 0 Å². The number of fused-ring (bicyclic) bond motifs is 1. The van der Waals surface area contributed by atoms with Gasteiger partial charge in [0, 0.05) is 13.2 Å². The number of benzene rings is 2. The van der Waals surface area contributed by atoms with Gasteiger partial charge in [0.2, 0.25) is 0 Å². The minimum absolute atomic E-state index is 0.444. The maximum atomic E-state index is 11.3. The molecule has 0 aliphatic rings. The predicted molar refractivity (Wildman–Crippen MR) is 87.0 cm³/mol. The van der Waals surface area contributed by atoms with Gasteiger partial charge < -0.3 is 9.30 Å². The van der Waals surface area contributed by atoms with Crippen LogP contribution in [0.1, 0.15) is 17.5 Å². The van der Waals surface area contributed by atoms with E-state index in [0.717, 1.165) is 28.4 Å². The number of aromatic nitrogens is 2. The van der Waals surface area contributed by atoms with E-state index in [2.05, 4.69) is 23.2 Å². The van der Waals surface area contributed by atoms with Crippen LogP contribution in [0, 0.1) is 0 Å². The van der Waals surface area contributed by atoms with Crippen molar-refractivity contribution in [1.82, 2.24) is 9.55 Å². The number of ether oxygens (including phenoxy) is 1. The zero-order valence-electron chi connectivity index (χ0n) is 12.5. The molecule has 0 saturated heterocycles. The van der Waals surface area contributed by atoms with Gasteiger partial charge in [-0.2, -0.15) is 0 Å². The van der Waals surface area contributed by atoms with E-state index in [9.17, 15) is 4.79 Å². The SMILES string of the molecule is CCOCCn1c(C=O)nc2ccc(-c3ccccc3)cc21. The molecule has 4 heteroatoms. The Labute approximate surface area is 129 Å². The Kier molecular flexibility index (Phi) is 4.30. The van der Waals surface area contributed by atoms with Crippen molar-refractivity contribution in [3.8, 4) is 11.1 Å². The highest BCUT2D eigenvalue weighted by atomic mass is 16.5. The lowest BCUT2D eigenvalue weighted by Crippen LogP contribution is -2.09. The van der Waals surface area contributed by atoms with E-state index in [1.54, 1.807) is 0 Å². The Balaban J connectivity index is 2.05. The van der Waals surface area contributed by atoms with Crippen LogP contribution in [0.5, 0.6) is 0 Å². The molecule has 3 rings (SSSR count). The Morgan fingerprint density at radius 1 is 1.14 bits per heavy atom. The minimum atomic E-state index is 0.444. The van der Waals surface area contributed by atoms with Crippen molar-refractivity contribution >= 4 is 17.3 Å². The molecule has 1 aromatic heterocycles. The van der Waals surface area contributed by atoms with Crippen LogP contribution < -0.4 is 0 Å². The van der Waals surface area contributed by atoms with Gasteiger partial charge in [0.25, 0.3) is 0 Å². The molecule has 0 bridgehead atoms. The standard InChI is InChI=1S/C18H18N2O2/c1-2-22-11-10-20-17-12-15(14-6-4-3-5-7-14)8-9-16(17)19-18(20)13-21/h3-9,12-13H,2,10-11H2,1H3. The van der Waals surface area contributed by atoms with Gasteiger partial charge in [0.15, 0.2) is 12.1 Å². The maximum Gasteiger partial charge on any atom is 0.185 e. The van der Waals surface area contributed by atoms with E-state index in [0.29, 0.717) is 25.6 Å². The normalized spacial score (nSPS) is 11.0. The van der Waals surface area contributed by atoms with E-state index < -0.39 is 0 Å². The second-order valence-corrected chi connectivity index (χ2v) is 5.01. The molecule has 22 heavy (non-hydrogen) atoms. The van der Waals surface area contributed by atoms with Crippen molar-refractivity contribution in [2.75, 3.05) is 13.2 Å². The average molecular weight is 294 g/mol. The average Bonchev–Trinajstić information content (AvgIpc) is 2.93. The smallest absolute Gasteiger partial charge is 0.185 e. The molecule has 2 aromatic carbocycles. The fraction of sp³-hybridized carbons (Fsp3) is 0.222. The number of nitrogens with zero attached hydrogens (tertiary/aromatic N) is 2. The maximum absolute atomic E-state index is 11.3. The second kappa shape index (κ2) is 6.54. The van der Waals surface area contributed by atoms with Crippen molar-refractivity contribution in [2.24, 2.45) is 0 Å². The van der Waals surface area contributed by atoms with Crippen LogP contribution >= 0.6 is 0 Å². The zero-order chi connectivity index (χ0) is 15.4. The number of carbonyl (C=O) groups is 1. The number of rotatable bonds is 6. The summed E-state index contributed by atoms with van der Waals surface area (Å²) in [7, 11) is 0. The van der Waals surface area contributed by atoms with Gasteiger partial charge in [0.1, 0.15) is 0 Å². The number of hydrogen-bond donors (Lipinski definition) is 0. The van der Waals surface area contributed by atoms with Crippen LogP contribution in [0.25, 0.3) is 22.2 Å². The summed E-state index contributed by atoms with van der Waals surface area (Å²) >= 11 is 0. The largest absolute Gasteiger partial charge is 0.380 e. The monoisotopic (exact) mass is 294 g/mol. The van der Waals surface area contributed by atoms with Crippen LogP contribution in [0.15, 0.2) is 48.5 Å². The van der Waals surface area contributed by atoms with Gasteiger partial charge in [0.05, 0.1) is 17.6 Å². The number of aldehydes is 1. The Morgan fingerprint density at radius 2 is 1.95 bits per heavy atom. The molecule has 1 heterocycles. The third-order valence-electron chi connectivity index (χ3n) is 3.65. The van der Waals surface area contributed by atoms with Crippen LogP contribution in [-0.2, 0) is 11.3 Å². The summed E-state index contributed by atoms with van der Waals surface area (Å²) in [6, 6.07) is 16.3. The zero-order valence-corrected chi connectivity index (χ0v) is 12.5. The lowest BCUT2D eigenvalue weighted by atomic mass is 10.1. The summed E-state index contributed by atoms with van der Waals surface area (Å²) in [5.74, 6) is 0.444. The first-order chi connectivity index (χ1) is 10.8. The lowest BCUT2D eigenvalue weighted by molar-refractivity contribution is 0.110. The summed E-state index contributed by atoms with van der Waals surface area (Å²) in [5.41, 5.74) is 4.05. The van der Waals surface area contributed by atoms with Crippen LogP contribution in [0.4, 0.5) is 0 Å². The predicted octanol–water partition coefficient (Wildman–Crippen LogP) is 3.55. The van der Waals surface area contributed by atoms with Crippen molar-refractivity contribution in [3.63, 3.8) is 0 Å². The van der Waals surface area contributed by atoms with Crippen molar-refractivity contribution in [1.29, 1.82) is 0 Å². The molecular weight excluding hydrogens is 276 g/mol. The van der Waals surface area contributed by atoms with E-state index in [4.69, 9.17) is 4.74 Å². The quantitative estimate of drug-likeness (QED) is 0.516. The Bertz CT molecular complexity index is 778. The third-order valence-corrected chi connectivity index (χ3v) is 3.65. The molecule has 0 spiro atoms. The second-order valence-electron chi connectivity index (χ2n) is 5.01. The molecule has 0 aliphatic carbocycles. The first kappa shape index (κ1) is 14.5. The van der Waals surface area contributed by atoms with E-state index in [1.165, 1.54) is 0 Å². The van der Waals surface area contributed by atoms with Crippen LogP contribution in [0.3, 0.4) is 0 Å².